The number of ether oxygens (including phenoxy) is 1. The van der Waals surface area contributed by atoms with Gasteiger partial charge in [-0.05, 0) is 46.8 Å². The predicted molar refractivity (Wildman–Crippen MR) is 106 cm³/mol. The van der Waals surface area contributed by atoms with Crippen molar-refractivity contribution in [1.82, 2.24) is 30.2 Å². The summed E-state index contributed by atoms with van der Waals surface area (Å²) >= 11 is 0. The van der Waals surface area contributed by atoms with Gasteiger partial charge in [0.25, 0.3) is 0 Å². The monoisotopic (exact) mass is 460 g/mol. The molecule has 0 amide bonds. The lowest BCUT2D eigenvalue weighted by molar-refractivity contribution is -0.208. The Bertz CT molecular complexity index is 1240. The normalized spacial score (nSPS) is 13.5. The van der Waals surface area contributed by atoms with E-state index in [-0.39, 0.29) is 5.69 Å². The maximum atomic E-state index is 15.7. The molecule has 0 fully saturated rings. The van der Waals surface area contributed by atoms with Crippen LogP contribution in [0.25, 0.3) is 11.3 Å². The third kappa shape index (κ3) is 4.12. The molecule has 0 radical (unpaired) electrons. The van der Waals surface area contributed by atoms with Gasteiger partial charge in [0.1, 0.15) is 29.4 Å². The van der Waals surface area contributed by atoms with E-state index in [9.17, 15) is 13.9 Å². The Kier molecular flexibility index (Phi) is 5.77. The van der Waals surface area contributed by atoms with E-state index in [1.54, 1.807) is 24.3 Å². The van der Waals surface area contributed by atoms with Crippen LogP contribution >= 0.6 is 0 Å². The Labute approximate surface area is 184 Å². The summed E-state index contributed by atoms with van der Waals surface area (Å²) in [5.74, 6) is -5.94. The molecule has 0 spiro atoms. The zero-order chi connectivity index (χ0) is 23.6. The fraction of sp³-hybridized carbons (Fsp3) is 0.190. The quantitative estimate of drug-likeness (QED) is 0.423. The van der Waals surface area contributed by atoms with Gasteiger partial charge in [-0.3, -0.25) is 9.97 Å². The van der Waals surface area contributed by atoms with Crippen molar-refractivity contribution in [2.24, 2.45) is 0 Å². The van der Waals surface area contributed by atoms with Crippen molar-refractivity contribution in [3.63, 3.8) is 0 Å². The average molecular weight is 460 g/mol. The van der Waals surface area contributed by atoms with Gasteiger partial charge in [0.2, 0.25) is 0 Å². The lowest BCUT2D eigenvalue weighted by atomic mass is 9.85. The van der Waals surface area contributed by atoms with Gasteiger partial charge in [-0.15, -0.1) is 5.10 Å². The molecule has 2 aromatic carbocycles. The Morgan fingerprint density at radius 1 is 1.03 bits per heavy atom. The van der Waals surface area contributed by atoms with Crippen molar-refractivity contribution in [3.05, 3.63) is 84.1 Å². The number of nitrogens with zero attached hydrogens (tertiary/aromatic N) is 6. The first-order valence-electron chi connectivity index (χ1n) is 9.48. The molecule has 1 unspecified atom stereocenters. The van der Waals surface area contributed by atoms with Crippen molar-refractivity contribution in [2.45, 2.75) is 18.1 Å². The number of hydrogen-bond donors (Lipinski definition) is 1. The number of rotatable bonds is 7. The van der Waals surface area contributed by atoms with E-state index in [4.69, 9.17) is 4.74 Å². The molecule has 1 N–H and O–H groups in total. The molecule has 0 bridgehead atoms. The first-order valence-corrected chi connectivity index (χ1v) is 9.48. The Balaban J connectivity index is 1.75. The molecule has 0 aliphatic carbocycles. The molecule has 1 atom stereocenters. The summed E-state index contributed by atoms with van der Waals surface area (Å²) in [5.41, 5.74) is -4.14. The van der Waals surface area contributed by atoms with Gasteiger partial charge < -0.3 is 9.84 Å². The van der Waals surface area contributed by atoms with E-state index in [2.05, 4.69) is 25.5 Å². The molecular weight excluding hydrogens is 444 g/mol. The molecule has 2 aromatic heterocycles. The smallest absolute Gasteiger partial charge is 0.325 e. The Morgan fingerprint density at radius 3 is 2.36 bits per heavy atom. The zero-order valence-corrected chi connectivity index (χ0v) is 17.0. The molecule has 2 heterocycles. The third-order valence-electron chi connectivity index (χ3n) is 5.04. The van der Waals surface area contributed by atoms with Gasteiger partial charge in [0.05, 0.1) is 31.7 Å². The highest BCUT2D eigenvalue weighted by molar-refractivity contribution is 5.59. The van der Waals surface area contributed by atoms with Gasteiger partial charge in [-0.2, -0.15) is 8.78 Å². The largest absolute Gasteiger partial charge is 0.497 e. The molecule has 0 saturated heterocycles. The van der Waals surface area contributed by atoms with E-state index in [1.165, 1.54) is 7.11 Å². The summed E-state index contributed by atoms with van der Waals surface area (Å²) in [6.45, 7) is -0.947. The minimum Gasteiger partial charge on any atom is -0.497 e. The van der Waals surface area contributed by atoms with Crippen LogP contribution in [0.4, 0.5) is 17.6 Å². The van der Waals surface area contributed by atoms with Gasteiger partial charge in [0.15, 0.2) is 5.60 Å². The molecule has 0 aliphatic heterocycles. The maximum Gasteiger partial charge on any atom is 0.325 e. The SMILES string of the molecule is COc1ccc(-c2cnc(C(F)(F)C(O)(Cn3cnnn3)c3ccc(F)cc3F)cn2)cc1. The number of methoxy groups -OCH3 is 1. The zero-order valence-electron chi connectivity index (χ0n) is 17.0. The molecule has 12 heteroatoms. The van der Waals surface area contributed by atoms with E-state index in [0.717, 1.165) is 35.5 Å². The highest BCUT2D eigenvalue weighted by Crippen LogP contribution is 2.46. The first kappa shape index (κ1) is 22.3. The van der Waals surface area contributed by atoms with Crippen LogP contribution in [0.1, 0.15) is 11.3 Å². The maximum absolute atomic E-state index is 15.7. The number of hydrogen-bond acceptors (Lipinski definition) is 7. The van der Waals surface area contributed by atoms with Crippen LogP contribution in [0, 0.1) is 11.6 Å². The van der Waals surface area contributed by atoms with Crippen LogP contribution in [0.2, 0.25) is 0 Å². The molecule has 8 nitrogen and oxygen atoms in total. The summed E-state index contributed by atoms with van der Waals surface area (Å²) in [5, 5.41) is 21.3. The van der Waals surface area contributed by atoms with Gasteiger partial charge in [-0.1, -0.05) is 0 Å². The van der Waals surface area contributed by atoms with Crippen LogP contribution < -0.4 is 4.74 Å². The molecule has 0 aliphatic rings. The highest BCUT2D eigenvalue weighted by atomic mass is 19.3. The molecule has 170 valence electrons. The number of aromatic nitrogens is 6. The molecule has 4 rings (SSSR count). The molecule has 33 heavy (non-hydrogen) atoms. The minimum atomic E-state index is -4.18. The van der Waals surface area contributed by atoms with Crippen LogP contribution in [-0.4, -0.2) is 42.4 Å². The van der Waals surface area contributed by atoms with Crippen molar-refractivity contribution in [3.8, 4) is 17.0 Å². The second-order valence-corrected chi connectivity index (χ2v) is 7.08. The summed E-state index contributed by atoms with van der Waals surface area (Å²) in [6, 6.07) is 8.57. The topological polar surface area (TPSA) is 98.8 Å². The summed E-state index contributed by atoms with van der Waals surface area (Å²) in [4.78, 5) is 7.79. The van der Waals surface area contributed by atoms with Crippen molar-refractivity contribution < 1.29 is 27.4 Å². The number of halogens is 4. The van der Waals surface area contributed by atoms with Gasteiger partial charge in [0, 0.05) is 17.2 Å². The van der Waals surface area contributed by atoms with Crippen LogP contribution in [0.15, 0.2) is 61.2 Å². The van der Waals surface area contributed by atoms with Crippen molar-refractivity contribution >= 4 is 0 Å². The van der Waals surface area contributed by atoms with Gasteiger partial charge in [-0.25, -0.2) is 13.5 Å². The second kappa shape index (κ2) is 8.54. The predicted octanol–water partition coefficient (Wildman–Crippen LogP) is 3.10. The number of aliphatic hydroxyl groups is 1. The standard InChI is InChI=1S/C21H16F4N6O2/c1-33-15-5-2-13(3-6-15)18-9-27-19(10-26-18)21(24,25)20(32,11-31-12-28-29-30-31)16-7-4-14(22)8-17(16)23/h2-10,12,32H,11H2,1H3. The molecule has 0 saturated carbocycles. The van der Waals surface area contributed by atoms with Crippen molar-refractivity contribution in [2.75, 3.05) is 7.11 Å². The summed E-state index contributed by atoms with van der Waals surface area (Å²) in [6.07, 6.45) is 2.86. The molecule has 4 aromatic rings. The third-order valence-corrected chi connectivity index (χ3v) is 5.04. The number of tetrazole rings is 1. The van der Waals surface area contributed by atoms with Gasteiger partial charge >= 0.3 is 5.92 Å². The average Bonchev–Trinajstić information content (AvgIpc) is 3.32. The lowest BCUT2D eigenvalue weighted by Crippen LogP contribution is -2.48. The van der Waals surface area contributed by atoms with E-state index >= 15 is 8.78 Å². The fourth-order valence-electron chi connectivity index (χ4n) is 3.28. The molecular formula is C21H16F4N6O2. The van der Waals surface area contributed by atoms with E-state index in [0.29, 0.717) is 17.4 Å². The Morgan fingerprint density at radius 2 is 1.79 bits per heavy atom. The van der Waals surface area contributed by atoms with E-state index in [1.807, 2.05) is 0 Å². The Hall–Kier alpha value is -3.93. The first-order chi connectivity index (χ1) is 15.7. The highest BCUT2D eigenvalue weighted by Gasteiger charge is 2.58. The summed E-state index contributed by atoms with van der Waals surface area (Å²) < 4.78 is 65.2. The van der Waals surface area contributed by atoms with E-state index < -0.39 is 41.0 Å². The van der Waals surface area contributed by atoms with Crippen molar-refractivity contribution in [1.29, 1.82) is 0 Å². The summed E-state index contributed by atoms with van der Waals surface area (Å²) in [7, 11) is 1.51. The van der Waals surface area contributed by atoms with Crippen LogP contribution in [0.3, 0.4) is 0 Å². The number of alkyl halides is 2. The van der Waals surface area contributed by atoms with Crippen LogP contribution in [0.5, 0.6) is 5.75 Å². The lowest BCUT2D eigenvalue weighted by Gasteiger charge is -2.35. The minimum absolute atomic E-state index is 0.286. The number of benzene rings is 2. The van der Waals surface area contributed by atoms with Crippen LogP contribution in [-0.2, 0) is 18.1 Å². The second-order valence-electron chi connectivity index (χ2n) is 7.08. The fourth-order valence-corrected chi connectivity index (χ4v) is 3.28.